The van der Waals surface area contributed by atoms with Gasteiger partial charge in [-0.2, -0.15) is 10.5 Å². The van der Waals surface area contributed by atoms with Crippen LogP contribution < -0.4 is 0 Å². The minimum Gasteiger partial charge on any atom is -0.192 e. The summed E-state index contributed by atoms with van der Waals surface area (Å²) in [5, 5.41) is 20.6. The van der Waals surface area contributed by atoms with Crippen molar-refractivity contribution in [2.24, 2.45) is 0 Å². The van der Waals surface area contributed by atoms with E-state index in [2.05, 4.69) is 38.5 Å². The molecule has 38 heavy (non-hydrogen) atoms. The second-order valence-electron chi connectivity index (χ2n) is 9.59. The Kier molecular flexibility index (Phi) is 14.9. The zero-order valence-electron chi connectivity index (χ0n) is 23.2. The van der Waals surface area contributed by atoms with Gasteiger partial charge in [0.25, 0.3) is 0 Å². The lowest BCUT2D eigenvalue weighted by molar-refractivity contribution is 0.601. The molecule has 2 heterocycles. The van der Waals surface area contributed by atoms with Crippen LogP contribution in [0.25, 0.3) is 0 Å². The van der Waals surface area contributed by atoms with Gasteiger partial charge in [0.2, 0.25) is 0 Å². The van der Waals surface area contributed by atoms with Gasteiger partial charge in [-0.15, -0.1) is 23.5 Å². The fourth-order valence-electron chi connectivity index (χ4n) is 4.80. The van der Waals surface area contributed by atoms with E-state index in [0.717, 1.165) is 36.8 Å². The van der Waals surface area contributed by atoms with Gasteiger partial charge in [0, 0.05) is 9.79 Å². The maximum absolute atomic E-state index is 10.3. The SMILES string of the molecule is CCCCCCCCc1c(C#N)c(C#N)c(CCCCCCCC)c2c1SC(=C1SC(SC)=C(SC)S1)S2. The van der Waals surface area contributed by atoms with Crippen LogP contribution >= 0.6 is 70.6 Å². The van der Waals surface area contributed by atoms with Gasteiger partial charge in [-0.05, 0) is 49.3 Å². The zero-order chi connectivity index (χ0) is 27.3. The number of benzene rings is 1. The molecule has 2 aliphatic rings. The van der Waals surface area contributed by atoms with E-state index in [0.29, 0.717) is 11.1 Å². The molecule has 8 heteroatoms. The van der Waals surface area contributed by atoms with Crippen molar-refractivity contribution in [2.75, 3.05) is 12.5 Å². The molecule has 3 rings (SSSR count). The third kappa shape index (κ3) is 8.40. The first-order valence-corrected chi connectivity index (χ1v) is 19.6. The largest absolute Gasteiger partial charge is 0.192 e. The lowest BCUT2D eigenvalue weighted by Gasteiger charge is -2.16. The summed E-state index contributed by atoms with van der Waals surface area (Å²) in [5.41, 5.74) is 3.56. The normalized spacial score (nSPS) is 14.8. The van der Waals surface area contributed by atoms with Crippen molar-refractivity contribution in [1.82, 2.24) is 0 Å². The lowest BCUT2D eigenvalue weighted by Crippen LogP contribution is -2.04. The molecule has 0 saturated carbocycles. The fraction of sp³-hybridized carbons (Fsp3) is 0.600. The number of thioether (sulfide) groups is 6. The minimum atomic E-state index is 0.652. The summed E-state index contributed by atoms with van der Waals surface area (Å²) in [5.74, 6) is 0. The van der Waals surface area contributed by atoms with Crippen LogP contribution in [-0.4, -0.2) is 12.5 Å². The van der Waals surface area contributed by atoms with Gasteiger partial charge in [-0.3, -0.25) is 0 Å². The highest BCUT2D eigenvalue weighted by atomic mass is 32.3. The number of nitriles is 2. The summed E-state index contributed by atoms with van der Waals surface area (Å²) in [6.07, 6.45) is 20.9. The predicted molar refractivity (Wildman–Crippen MR) is 178 cm³/mol. The van der Waals surface area contributed by atoms with Gasteiger partial charge >= 0.3 is 0 Å². The molecule has 0 saturated heterocycles. The van der Waals surface area contributed by atoms with Crippen molar-refractivity contribution in [3.63, 3.8) is 0 Å². The first kappa shape index (κ1) is 32.3. The Morgan fingerprint density at radius 1 is 0.553 bits per heavy atom. The number of hydrogen-bond acceptors (Lipinski definition) is 8. The smallest absolute Gasteiger partial charge is 0.101 e. The summed E-state index contributed by atoms with van der Waals surface area (Å²) >= 11 is 11.2. The molecular weight excluding hydrogens is 581 g/mol. The Morgan fingerprint density at radius 3 is 1.29 bits per heavy atom. The Morgan fingerprint density at radius 2 is 0.921 bits per heavy atom. The lowest BCUT2D eigenvalue weighted by atomic mass is 9.91. The second kappa shape index (κ2) is 17.6. The van der Waals surface area contributed by atoms with Gasteiger partial charge in [-0.1, -0.05) is 125 Å². The van der Waals surface area contributed by atoms with E-state index >= 15 is 0 Å². The van der Waals surface area contributed by atoms with Gasteiger partial charge in [0.1, 0.15) is 12.1 Å². The molecule has 0 bridgehead atoms. The average molecular weight is 621 g/mol. The van der Waals surface area contributed by atoms with Crippen molar-refractivity contribution in [1.29, 1.82) is 10.5 Å². The predicted octanol–water partition coefficient (Wildman–Crippen LogP) is 11.9. The Balaban J connectivity index is 1.92. The summed E-state index contributed by atoms with van der Waals surface area (Å²) in [4.78, 5) is 2.54. The van der Waals surface area contributed by atoms with Crippen molar-refractivity contribution >= 4 is 70.6 Å². The van der Waals surface area contributed by atoms with Crippen molar-refractivity contribution in [3.8, 4) is 12.1 Å². The van der Waals surface area contributed by atoms with Gasteiger partial charge < -0.3 is 0 Å². The highest BCUT2D eigenvalue weighted by Crippen LogP contribution is 2.65. The number of fused-ring (bicyclic) bond motifs is 1. The van der Waals surface area contributed by atoms with Crippen LogP contribution in [0.2, 0.25) is 0 Å². The Labute approximate surface area is 256 Å². The van der Waals surface area contributed by atoms with Crippen molar-refractivity contribution in [3.05, 3.63) is 39.2 Å². The van der Waals surface area contributed by atoms with E-state index < -0.39 is 0 Å². The van der Waals surface area contributed by atoms with E-state index in [4.69, 9.17) is 0 Å². The number of rotatable bonds is 16. The van der Waals surface area contributed by atoms with Crippen LogP contribution in [0.4, 0.5) is 0 Å². The van der Waals surface area contributed by atoms with Gasteiger partial charge in [0.15, 0.2) is 0 Å². The molecule has 0 aromatic heterocycles. The molecule has 0 N–H and O–H groups in total. The van der Waals surface area contributed by atoms with E-state index in [1.165, 1.54) is 90.9 Å². The molecular formula is C30H40N2S6. The molecule has 2 aliphatic heterocycles. The molecule has 0 radical (unpaired) electrons. The molecule has 206 valence electrons. The summed E-state index contributed by atoms with van der Waals surface area (Å²) in [6, 6.07) is 4.99. The minimum absolute atomic E-state index is 0.652. The highest BCUT2D eigenvalue weighted by Gasteiger charge is 2.33. The van der Waals surface area contributed by atoms with E-state index in [1.54, 1.807) is 0 Å². The zero-order valence-corrected chi connectivity index (χ0v) is 28.1. The van der Waals surface area contributed by atoms with E-state index in [-0.39, 0.29) is 0 Å². The molecule has 2 nitrogen and oxygen atoms in total. The van der Waals surface area contributed by atoms with Gasteiger partial charge in [-0.25, -0.2) is 0 Å². The van der Waals surface area contributed by atoms with Gasteiger partial charge in [0.05, 0.1) is 28.1 Å². The Hall–Kier alpha value is -0.220. The van der Waals surface area contributed by atoms with Crippen LogP contribution in [0, 0.1) is 22.7 Å². The topological polar surface area (TPSA) is 47.6 Å². The average Bonchev–Trinajstić information content (AvgIpc) is 3.57. The maximum atomic E-state index is 10.3. The van der Waals surface area contributed by atoms with Crippen LogP contribution in [0.5, 0.6) is 0 Å². The molecule has 0 fully saturated rings. The third-order valence-corrected chi connectivity index (χ3v) is 15.3. The van der Waals surface area contributed by atoms with Crippen LogP contribution in [-0.2, 0) is 12.8 Å². The standard InChI is InChI=1S/C30H40N2S6/c1-5-7-9-11-13-15-17-21-23(19-31)24(20-32)22(18-16-14-12-10-8-6-2)26-25(21)35-29(36-26)30-37-27(33-3)28(34-4)38-30/h5-18H2,1-4H3. The van der Waals surface area contributed by atoms with Crippen LogP contribution in [0.3, 0.4) is 0 Å². The fourth-order valence-corrected chi connectivity index (χ4v) is 13.0. The molecule has 0 unspecified atom stereocenters. The molecule has 0 atom stereocenters. The van der Waals surface area contributed by atoms with Crippen LogP contribution in [0.15, 0.2) is 26.7 Å². The highest BCUT2D eigenvalue weighted by molar-refractivity contribution is 8.41. The van der Waals surface area contributed by atoms with E-state index in [1.807, 2.05) is 70.6 Å². The molecule has 1 aromatic carbocycles. The third-order valence-electron chi connectivity index (χ3n) is 6.86. The molecule has 0 spiro atoms. The first-order chi connectivity index (χ1) is 18.6. The molecule has 1 aromatic rings. The molecule has 0 amide bonds. The second-order valence-corrected chi connectivity index (χ2v) is 16.3. The number of unbranched alkanes of at least 4 members (excludes halogenated alkanes) is 10. The van der Waals surface area contributed by atoms with Crippen molar-refractivity contribution in [2.45, 2.75) is 114 Å². The van der Waals surface area contributed by atoms with Crippen molar-refractivity contribution < 1.29 is 0 Å². The number of nitrogens with zero attached hydrogens (tertiary/aromatic N) is 2. The van der Waals surface area contributed by atoms with Crippen LogP contribution in [0.1, 0.15) is 113 Å². The van der Waals surface area contributed by atoms with E-state index in [9.17, 15) is 10.5 Å². The number of hydrogen-bond donors (Lipinski definition) is 0. The Bertz CT molecular complexity index is 1030. The monoisotopic (exact) mass is 620 g/mol. The summed E-state index contributed by atoms with van der Waals surface area (Å²) < 4.78 is 5.46. The summed E-state index contributed by atoms with van der Waals surface area (Å²) in [6.45, 7) is 4.50. The quantitative estimate of drug-likeness (QED) is 0.169. The summed E-state index contributed by atoms with van der Waals surface area (Å²) in [7, 11) is 0. The maximum Gasteiger partial charge on any atom is 0.101 e. The first-order valence-electron chi connectivity index (χ1n) is 13.9. The molecule has 0 aliphatic carbocycles.